The van der Waals surface area contributed by atoms with Crippen molar-refractivity contribution in [3.05, 3.63) is 101 Å². The minimum absolute atomic E-state index is 0.00427. The molecule has 0 bridgehead atoms. The highest BCUT2D eigenvalue weighted by atomic mass is 16.1. The van der Waals surface area contributed by atoms with Gasteiger partial charge in [0.25, 0.3) is 0 Å². The first-order chi connectivity index (χ1) is 19.6. The van der Waals surface area contributed by atoms with E-state index in [0.717, 1.165) is 18.8 Å². The van der Waals surface area contributed by atoms with Crippen molar-refractivity contribution in [2.75, 3.05) is 11.9 Å². The van der Waals surface area contributed by atoms with Crippen LogP contribution in [0.4, 0.5) is 5.69 Å². The van der Waals surface area contributed by atoms with E-state index < -0.39 is 0 Å². The molecule has 5 rings (SSSR count). The predicted octanol–water partition coefficient (Wildman–Crippen LogP) is 10.1. The number of rotatable bonds is 9. The molecule has 220 valence electrons. The van der Waals surface area contributed by atoms with Crippen molar-refractivity contribution in [2.45, 2.75) is 104 Å². The monoisotopic (exact) mass is 551 g/mol. The number of hydrogen-bond acceptors (Lipinski definition) is 2. The molecule has 0 amide bonds. The average Bonchev–Trinajstić information content (AvgIpc) is 3.67. The van der Waals surface area contributed by atoms with E-state index in [4.69, 9.17) is 0 Å². The third-order valence-electron chi connectivity index (χ3n) is 10.4. The summed E-state index contributed by atoms with van der Waals surface area (Å²) in [7, 11) is 2.18. The number of carbonyl (C=O) groups is 1. The van der Waals surface area contributed by atoms with Crippen molar-refractivity contribution >= 4 is 11.5 Å². The molecular formula is C39H53NO. The Morgan fingerprint density at radius 2 is 1.59 bits per heavy atom. The summed E-state index contributed by atoms with van der Waals surface area (Å²) >= 11 is 0. The fourth-order valence-corrected chi connectivity index (χ4v) is 7.99. The maximum atomic E-state index is 11.4. The number of carbonyl (C=O) groups excluding carboxylic acids is 1. The summed E-state index contributed by atoms with van der Waals surface area (Å²) in [5.74, 6) is 1.76. The number of unbranched alkanes of at least 4 members (excludes halogenated alkanes) is 2. The summed E-state index contributed by atoms with van der Waals surface area (Å²) in [6.07, 6.45) is 19.6. The molecule has 0 aromatic heterocycles. The van der Waals surface area contributed by atoms with E-state index in [2.05, 4.69) is 119 Å². The standard InChI is InChI=1S/C37H47NO.C2H6/c1-27(39)17-9-7-10-18-29-25-28-19-12-13-20-30(28)36(4,5)37(26-32(29)37)24-16-8-11-23-34-35(2,3)31-21-14-15-22-33(31)38(34)6;1-2/h8,11-16,19-24,29,32H,7,9-10,17-18,25-26H2,1-6H3;1-2H3/b11-8+,24-16+,34-23+;/t29?,32-,37?;/m0./s1. The molecular weight excluding hydrogens is 498 g/mol. The highest BCUT2D eigenvalue weighted by Crippen LogP contribution is 2.70. The van der Waals surface area contributed by atoms with Gasteiger partial charge in [0.2, 0.25) is 0 Å². The van der Waals surface area contributed by atoms with Crippen molar-refractivity contribution in [1.82, 2.24) is 0 Å². The fourth-order valence-electron chi connectivity index (χ4n) is 7.99. The third-order valence-corrected chi connectivity index (χ3v) is 10.4. The van der Waals surface area contributed by atoms with Crippen LogP contribution in [0.25, 0.3) is 0 Å². The lowest BCUT2D eigenvalue weighted by Gasteiger charge is -2.35. The average molecular weight is 552 g/mol. The second-order valence-corrected chi connectivity index (χ2v) is 13.4. The molecule has 1 aliphatic heterocycles. The van der Waals surface area contributed by atoms with Gasteiger partial charge >= 0.3 is 0 Å². The quantitative estimate of drug-likeness (QED) is 0.228. The van der Waals surface area contributed by atoms with Gasteiger partial charge in [0.05, 0.1) is 0 Å². The molecule has 2 aromatic rings. The number of ketones is 1. The Kier molecular flexibility index (Phi) is 9.52. The molecule has 2 aliphatic carbocycles. The first-order valence-electron chi connectivity index (χ1n) is 16.1. The van der Waals surface area contributed by atoms with Gasteiger partial charge in [-0.3, -0.25) is 0 Å². The second-order valence-electron chi connectivity index (χ2n) is 13.4. The van der Waals surface area contributed by atoms with Gasteiger partial charge < -0.3 is 9.69 Å². The minimum atomic E-state index is 0.00427. The van der Waals surface area contributed by atoms with Crippen LogP contribution in [0, 0.1) is 17.3 Å². The van der Waals surface area contributed by atoms with Gasteiger partial charge in [-0.05, 0) is 78.7 Å². The first kappa shape index (κ1) is 31.1. The molecule has 3 aliphatic rings. The van der Waals surface area contributed by atoms with Gasteiger partial charge in [-0.25, -0.2) is 0 Å². The number of benzene rings is 2. The maximum Gasteiger partial charge on any atom is 0.129 e. The Bertz CT molecular complexity index is 1310. The maximum absolute atomic E-state index is 11.4. The van der Waals surface area contributed by atoms with E-state index in [9.17, 15) is 4.79 Å². The van der Waals surface area contributed by atoms with Crippen LogP contribution in [-0.4, -0.2) is 12.8 Å². The lowest BCUT2D eigenvalue weighted by atomic mass is 9.68. The van der Waals surface area contributed by atoms with Gasteiger partial charge in [0.15, 0.2) is 0 Å². The summed E-state index contributed by atoms with van der Waals surface area (Å²) in [4.78, 5) is 13.7. The molecule has 2 heteroatoms. The molecule has 1 saturated carbocycles. The van der Waals surface area contributed by atoms with E-state index in [1.54, 1.807) is 12.5 Å². The van der Waals surface area contributed by atoms with Crippen LogP contribution in [0.5, 0.6) is 0 Å². The number of allylic oxidation sites excluding steroid dienone is 6. The van der Waals surface area contributed by atoms with Crippen LogP contribution in [0.2, 0.25) is 0 Å². The lowest BCUT2D eigenvalue weighted by Crippen LogP contribution is -2.31. The normalized spacial score (nSPS) is 26.2. The minimum Gasteiger partial charge on any atom is -0.347 e. The third kappa shape index (κ3) is 5.90. The first-order valence-corrected chi connectivity index (χ1v) is 16.1. The number of fused-ring (bicyclic) bond motifs is 3. The van der Waals surface area contributed by atoms with E-state index in [0.29, 0.717) is 11.7 Å². The molecule has 41 heavy (non-hydrogen) atoms. The van der Waals surface area contributed by atoms with E-state index in [-0.39, 0.29) is 16.2 Å². The number of likely N-dealkylation sites (N-methyl/N-ethyl adjacent to an activating group) is 1. The van der Waals surface area contributed by atoms with Gasteiger partial charge in [-0.2, -0.15) is 0 Å². The van der Waals surface area contributed by atoms with E-state index in [1.807, 2.05) is 13.8 Å². The number of anilines is 1. The Hall–Kier alpha value is -2.87. The second kappa shape index (κ2) is 12.6. The zero-order chi connectivity index (χ0) is 29.8. The Labute approximate surface area is 250 Å². The van der Waals surface area contributed by atoms with Crippen LogP contribution in [0.15, 0.2) is 84.6 Å². The topological polar surface area (TPSA) is 20.3 Å². The Morgan fingerprint density at radius 1 is 0.902 bits per heavy atom. The molecule has 0 radical (unpaired) electrons. The molecule has 0 N–H and O–H groups in total. The van der Waals surface area contributed by atoms with Gasteiger partial charge in [-0.15, -0.1) is 0 Å². The van der Waals surface area contributed by atoms with Crippen LogP contribution >= 0.6 is 0 Å². The fraction of sp³-hybridized carbons (Fsp3) is 0.513. The number of Topliss-reactive ketones (excluding diaryl/α,β-unsaturated/α-hetero) is 1. The molecule has 0 saturated heterocycles. The number of hydrogen-bond donors (Lipinski definition) is 0. The summed E-state index contributed by atoms with van der Waals surface area (Å²) in [5.41, 5.74) is 7.44. The Morgan fingerprint density at radius 3 is 2.29 bits per heavy atom. The summed E-state index contributed by atoms with van der Waals surface area (Å²) in [6, 6.07) is 17.9. The van der Waals surface area contributed by atoms with Crippen LogP contribution in [0.3, 0.4) is 0 Å². The van der Waals surface area contributed by atoms with Crippen molar-refractivity contribution in [3.8, 4) is 0 Å². The SMILES string of the molecule is CC.CC(=O)CCCCCC1Cc2ccccc2C(C)(C)C2(/C=C/C=C/C=C3/N(C)c4ccccc4C3(C)C)C[C@@H]12. The van der Waals surface area contributed by atoms with Crippen molar-refractivity contribution in [2.24, 2.45) is 17.3 Å². The van der Waals surface area contributed by atoms with Gasteiger partial charge in [0.1, 0.15) is 5.78 Å². The van der Waals surface area contributed by atoms with Crippen molar-refractivity contribution in [3.63, 3.8) is 0 Å². The molecule has 2 aromatic carbocycles. The number of para-hydroxylation sites is 1. The molecule has 0 spiro atoms. The van der Waals surface area contributed by atoms with E-state index in [1.165, 1.54) is 54.6 Å². The Balaban J connectivity index is 0.00000189. The highest BCUT2D eigenvalue weighted by molar-refractivity contribution is 5.75. The zero-order valence-electron chi connectivity index (χ0n) is 27.0. The largest absolute Gasteiger partial charge is 0.347 e. The zero-order valence-corrected chi connectivity index (χ0v) is 27.0. The van der Waals surface area contributed by atoms with Gasteiger partial charge in [0, 0.05) is 35.7 Å². The number of nitrogens with zero attached hydrogens (tertiary/aromatic N) is 1. The highest BCUT2D eigenvalue weighted by Gasteiger charge is 2.64. The lowest BCUT2D eigenvalue weighted by molar-refractivity contribution is -0.117. The molecule has 1 fully saturated rings. The summed E-state index contributed by atoms with van der Waals surface area (Å²) < 4.78 is 0. The molecule has 2 nitrogen and oxygen atoms in total. The van der Waals surface area contributed by atoms with Gasteiger partial charge in [-0.1, -0.05) is 121 Å². The predicted molar refractivity (Wildman–Crippen MR) is 177 cm³/mol. The molecule has 1 heterocycles. The van der Waals surface area contributed by atoms with E-state index >= 15 is 0 Å². The summed E-state index contributed by atoms with van der Waals surface area (Å²) in [6.45, 7) is 15.3. The van der Waals surface area contributed by atoms with Crippen LogP contribution in [0.1, 0.15) is 104 Å². The van der Waals surface area contributed by atoms with Crippen molar-refractivity contribution in [1.29, 1.82) is 0 Å². The smallest absolute Gasteiger partial charge is 0.129 e. The summed E-state index contributed by atoms with van der Waals surface area (Å²) in [5, 5.41) is 0. The molecule has 3 atom stereocenters. The van der Waals surface area contributed by atoms with Crippen molar-refractivity contribution < 1.29 is 4.79 Å². The molecule has 2 unspecified atom stereocenters. The van der Waals surface area contributed by atoms with Crippen LogP contribution in [-0.2, 0) is 22.0 Å². The van der Waals surface area contributed by atoms with Crippen LogP contribution < -0.4 is 4.90 Å².